The van der Waals surface area contributed by atoms with Gasteiger partial charge in [0.05, 0.1) is 17.8 Å². The second kappa shape index (κ2) is 7.75. The van der Waals surface area contributed by atoms with Crippen molar-refractivity contribution in [3.8, 4) is 0 Å². The van der Waals surface area contributed by atoms with Crippen LogP contribution in [0.1, 0.15) is 35.3 Å². The van der Waals surface area contributed by atoms with Gasteiger partial charge in [-0.3, -0.25) is 4.98 Å². The minimum Gasteiger partial charge on any atom is -0.462 e. The van der Waals surface area contributed by atoms with Gasteiger partial charge in [0, 0.05) is 22.3 Å². The van der Waals surface area contributed by atoms with Crippen molar-refractivity contribution in [2.24, 2.45) is 0 Å². The molecule has 3 aromatic rings. The quantitative estimate of drug-likeness (QED) is 0.588. The van der Waals surface area contributed by atoms with Crippen LogP contribution in [0, 0.1) is 6.92 Å². The molecule has 26 heavy (non-hydrogen) atoms. The van der Waals surface area contributed by atoms with Gasteiger partial charge in [0.1, 0.15) is 5.56 Å². The van der Waals surface area contributed by atoms with Crippen LogP contribution in [0.25, 0.3) is 10.9 Å². The topological polar surface area (TPSA) is 51.2 Å². The smallest absolute Gasteiger partial charge is 0.341 e. The maximum absolute atomic E-state index is 12.4. The molecule has 0 amide bonds. The van der Waals surface area contributed by atoms with Gasteiger partial charge in [0.2, 0.25) is 0 Å². The Morgan fingerprint density at radius 1 is 1.19 bits per heavy atom. The fourth-order valence-corrected chi connectivity index (χ4v) is 3.18. The van der Waals surface area contributed by atoms with Gasteiger partial charge in [-0.05, 0) is 55.7 Å². The molecule has 5 heteroatoms. The van der Waals surface area contributed by atoms with E-state index < -0.39 is 5.97 Å². The van der Waals surface area contributed by atoms with E-state index in [2.05, 4.69) is 29.4 Å². The summed E-state index contributed by atoms with van der Waals surface area (Å²) in [5.41, 5.74) is 4.93. The second-order valence-electron chi connectivity index (χ2n) is 6.06. The Hall–Kier alpha value is -2.59. The van der Waals surface area contributed by atoms with Crippen LogP contribution in [0.3, 0.4) is 0 Å². The number of anilines is 2. The molecule has 3 rings (SSSR count). The highest BCUT2D eigenvalue weighted by atomic mass is 35.5. The molecule has 0 aliphatic rings. The first kappa shape index (κ1) is 18.2. The van der Waals surface area contributed by atoms with Crippen LogP contribution in [-0.2, 0) is 11.2 Å². The molecule has 0 aliphatic carbocycles. The van der Waals surface area contributed by atoms with Crippen LogP contribution in [0.5, 0.6) is 0 Å². The summed E-state index contributed by atoms with van der Waals surface area (Å²) in [6, 6.07) is 11.8. The van der Waals surface area contributed by atoms with Gasteiger partial charge in [0.15, 0.2) is 0 Å². The highest BCUT2D eigenvalue weighted by Crippen LogP contribution is 2.33. The number of ether oxygens (including phenoxy) is 1. The normalized spacial score (nSPS) is 10.8. The Balaban J connectivity index is 2.17. The lowest BCUT2D eigenvalue weighted by molar-refractivity contribution is 0.0527. The van der Waals surface area contributed by atoms with Crippen molar-refractivity contribution in [3.63, 3.8) is 0 Å². The minimum absolute atomic E-state index is 0.302. The van der Waals surface area contributed by atoms with Gasteiger partial charge in [-0.15, -0.1) is 0 Å². The molecular weight excluding hydrogens is 348 g/mol. The van der Waals surface area contributed by atoms with E-state index in [1.54, 1.807) is 13.1 Å². The third-order valence-corrected chi connectivity index (χ3v) is 4.47. The number of pyridine rings is 1. The molecule has 0 spiro atoms. The lowest BCUT2D eigenvalue weighted by Crippen LogP contribution is -2.09. The number of carbonyl (C=O) groups excluding carboxylic acids is 1. The highest BCUT2D eigenvalue weighted by Gasteiger charge is 2.18. The van der Waals surface area contributed by atoms with Crippen LogP contribution in [0.15, 0.2) is 42.6 Å². The number of aromatic nitrogens is 1. The molecular formula is C21H21ClN2O2. The molecule has 0 saturated heterocycles. The largest absolute Gasteiger partial charge is 0.462 e. The van der Waals surface area contributed by atoms with Gasteiger partial charge in [-0.2, -0.15) is 0 Å². The first-order chi connectivity index (χ1) is 12.5. The summed E-state index contributed by atoms with van der Waals surface area (Å²) in [5.74, 6) is -0.410. The molecule has 0 unspecified atom stereocenters. The molecule has 0 bridgehead atoms. The molecule has 0 fully saturated rings. The van der Waals surface area contributed by atoms with E-state index >= 15 is 0 Å². The SMILES string of the molecule is CCOC(=O)c1cnc2c(C)cc(Cl)cc2c1Nc1ccc(CC)cc1. The molecule has 1 aromatic heterocycles. The van der Waals surface area contributed by atoms with Gasteiger partial charge in [-0.25, -0.2) is 4.79 Å². The third kappa shape index (κ3) is 3.65. The van der Waals surface area contributed by atoms with Crippen LogP contribution < -0.4 is 5.32 Å². The van der Waals surface area contributed by atoms with Gasteiger partial charge < -0.3 is 10.1 Å². The number of fused-ring (bicyclic) bond motifs is 1. The molecule has 2 aromatic carbocycles. The van der Waals surface area contributed by atoms with Gasteiger partial charge in [0.25, 0.3) is 0 Å². The monoisotopic (exact) mass is 368 g/mol. The first-order valence-electron chi connectivity index (χ1n) is 8.65. The van der Waals surface area contributed by atoms with E-state index in [1.165, 1.54) is 5.56 Å². The minimum atomic E-state index is -0.410. The van der Waals surface area contributed by atoms with Crippen LogP contribution >= 0.6 is 11.6 Å². The number of halogens is 1. The van der Waals surface area contributed by atoms with Crippen molar-refractivity contribution in [2.75, 3.05) is 11.9 Å². The summed E-state index contributed by atoms with van der Waals surface area (Å²) in [7, 11) is 0. The highest BCUT2D eigenvalue weighted by molar-refractivity contribution is 6.31. The number of carbonyl (C=O) groups is 1. The number of nitrogens with one attached hydrogen (secondary N) is 1. The predicted octanol–water partition coefficient (Wildman–Crippen LogP) is 5.68. The lowest BCUT2D eigenvalue weighted by Gasteiger charge is -2.15. The number of hydrogen-bond donors (Lipinski definition) is 1. The number of benzene rings is 2. The predicted molar refractivity (Wildman–Crippen MR) is 107 cm³/mol. The fourth-order valence-electron chi connectivity index (χ4n) is 2.90. The summed E-state index contributed by atoms with van der Waals surface area (Å²) in [4.78, 5) is 16.9. The average Bonchev–Trinajstić information content (AvgIpc) is 2.63. The molecule has 134 valence electrons. The number of rotatable bonds is 5. The second-order valence-corrected chi connectivity index (χ2v) is 6.50. The van der Waals surface area contributed by atoms with Crippen molar-refractivity contribution in [3.05, 3.63) is 64.3 Å². The molecule has 0 saturated carbocycles. The van der Waals surface area contributed by atoms with Crippen LogP contribution in [0.4, 0.5) is 11.4 Å². The van der Waals surface area contributed by atoms with Crippen molar-refractivity contribution >= 4 is 39.8 Å². The summed E-state index contributed by atoms with van der Waals surface area (Å²) in [5, 5.41) is 4.75. The van der Waals surface area contributed by atoms with Crippen molar-refractivity contribution in [1.82, 2.24) is 4.98 Å². The average molecular weight is 369 g/mol. The molecule has 4 nitrogen and oxygen atoms in total. The standard InChI is InChI=1S/C21H21ClN2O2/c1-4-14-6-8-16(9-7-14)24-20-17-11-15(22)10-13(3)19(17)23-12-18(20)21(25)26-5-2/h6-12H,4-5H2,1-3H3,(H,23,24). The lowest BCUT2D eigenvalue weighted by atomic mass is 10.1. The van der Waals surface area contributed by atoms with E-state index in [0.29, 0.717) is 22.9 Å². The van der Waals surface area contributed by atoms with Crippen LogP contribution in [-0.4, -0.2) is 17.6 Å². The maximum atomic E-state index is 12.4. The maximum Gasteiger partial charge on any atom is 0.341 e. The van der Waals surface area contributed by atoms with Gasteiger partial charge >= 0.3 is 5.97 Å². The first-order valence-corrected chi connectivity index (χ1v) is 9.03. The Bertz CT molecular complexity index is 952. The third-order valence-electron chi connectivity index (χ3n) is 4.25. The number of esters is 1. The summed E-state index contributed by atoms with van der Waals surface area (Å²) < 4.78 is 5.20. The number of nitrogens with zero attached hydrogens (tertiary/aromatic N) is 1. The van der Waals surface area contributed by atoms with Crippen molar-refractivity contribution < 1.29 is 9.53 Å². The van der Waals surface area contributed by atoms with Gasteiger partial charge in [-0.1, -0.05) is 30.7 Å². The molecule has 1 heterocycles. The van der Waals surface area contributed by atoms with E-state index in [0.717, 1.165) is 28.6 Å². The fraction of sp³-hybridized carbons (Fsp3) is 0.238. The zero-order valence-corrected chi connectivity index (χ0v) is 15.9. The summed E-state index contributed by atoms with van der Waals surface area (Å²) >= 11 is 6.26. The van der Waals surface area contributed by atoms with E-state index in [1.807, 2.05) is 31.2 Å². The Labute approximate surface area is 158 Å². The summed E-state index contributed by atoms with van der Waals surface area (Å²) in [6.07, 6.45) is 2.53. The number of aryl methyl sites for hydroxylation is 2. The zero-order chi connectivity index (χ0) is 18.7. The van der Waals surface area contributed by atoms with E-state index in [9.17, 15) is 4.79 Å². The Kier molecular flexibility index (Phi) is 5.43. The molecule has 0 atom stereocenters. The summed E-state index contributed by atoms with van der Waals surface area (Å²) in [6.45, 7) is 6.15. The van der Waals surface area contributed by atoms with E-state index in [-0.39, 0.29) is 0 Å². The molecule has 1 N–H and O–H groups in total. The van der Waals surface area contributed by atoms with Crippen molar-refractivity contribution in [1.29, 1.82) is 0 Å². The molecule has 0 radical (unpaired) electrons. The van der Waals surface area contributed by atoms with E-state index in [4.69, 9.17) is 16.3 Å². The molecule has 0 aliphatic heterocycles. The van der Waals surface area contributed by atoms with Crippen LogP contribution in [0.2, 0.25) is 5.02 Å². The Morgan fingerprint density at radius 3 is 2.58 bits per heavy atom. The number of hydrogen-bond acceptors (Lipinski definition) is 4. The Morgan fingerprint density at radius 2 is 1.92 bits per heavy atom. The zero-order valence-electron chi connectivity index (χ0n) is 15.1. The van der Waals surface area contributed by atoms with Crippen molar-refractivity contribution in [2.45, 2.75) is 27.2 Å².